The summed E-state index contributed by atoms with van der Waals surface area (Å²) in [4.78, 5) is 22.9. The van der Waals surface area contributed by atoms with Crippen LogP contribution in [0.25, 0.3) is 0 Å². The summed E-state index contributed by atoms with van der Waals surface area (Å²) in [5.41, 5.74) is 2.31. The Morgan fingerprint density at radius 2 is 2.14 bits per heavy atom. The second-order valence-corrected chi connectivity index (χ2v) is 5.61. The van der Waals surface area contributed by atoms with Crippen LogP contribution >= 0.6 is 0 Å². The lowest BCUT2D eigenvalue weighted by Crippen LogP contribution is -2.27. The highest BCUT2D eigenvalue weighted by atomic mass is 16.4. The van der Waals surface area contributed by atoms with Gasteiger partial charge in [0.25, 0.3) is 5.91 Å². The average Bonchev–Trinajstić information content (AvgIpc) is 3.23. The molecule has 0 spiro atoms. The Hall–Kier alpha value is -2.63. The van der Waals surface area contributed by atoms with Crippen LogP contribution in [0.3, 0.4) is 0 Å². The number of aromatic nitrogens is 2. The quantitative estimate of drug-likeness (QED) is 0.790. The number of aromatic carboxylic acids is 1. The molecule has 114 valence electrons. The molecule has 1 aliphatic carbocycles. The van der Waals surface area contributed by atoms with Gasteiger partial charge in [0, 0.05) is 6.07 Å². The number of aromatic amines is 1. The molecule has 1 unspecified atom stereocenters. The van der Waals surface area contributed by atoms with Gasteiger partial charge in [-0.3, -0.25) is 9.89 Å². The lowest BCUT2D eigenvalue weighted by molar-refractivity contribution is 0.0690. The molecule has 3 rings (SSSR count). The van der Waals surface area contributed by atoms with Crippen LogP contribution < -0.4 is 5.32 Å². The molecule has 2 aromatic rings. The molecule has 22 heavy (non-hydrogen) atoms. The Bertz CT molecular complexity index is 719. The zero-order chi connectivity index (χ0) is 15.7. The van der Waals surface area contributed by atoms with Crippen molar-refractivity contribution in [1.82, 2.24) is 15.5 Å². The number of carboxylic acids is 1. The molecule has 1 amide bonds. The second kappa shape index (κ2) is 5.63. The summed E-state index contributed by atoms with van der Waals surface area (Å²) in [6, 6.07) is 9.27. The lowest BCUT2D eigenvalue weighted by atomic mass is 10.0. The first kappa shape index (κ1) is 14.3. The molecule has 1 aromatic heterocycles. The molecule has 0 aliphatic heterocycles. The minimum absolute atomic E-state index is 0.0718. The number of nitrogens with zero attached hydrogens (tertiary/aromatic N) is 1. The van der Waals surface area contributed by atoms with Gasteiger partial charge in [0.2, 0.25) is 0 Å². The van der Waals surface area contributed by atoms with Crippen molar-refractivity contribution in [3.8, 4) is 0 Å². The predicted molar refractivity (Wildman–Crippen MR) is 79.8 cm³/mol. The highest BCUT2D eigenvalue weighted by molar-refractivity contribution is 5.95. The maximum absolute atomic E-state index is 12.1. The van der Waals surface area contributed by atoms with Crippen LogP contribution in [-0.4, -0.2) is 27.2 Å². The van der Waals surface area contributed by atoms with Crippen molar-refractivity contribution in [2.24, 2.45) is 0 Å². The Labute approximate surface area is 127 Å². The summed E-state index contributed by atoms with van der Waals surface area (Å²) in [5, 5.41) is 17.7. The van der Waals surface area contributed by atoms with Crippen molar-refractivity contribution < 1.29 is 14.7 Å². The number of hydrogen-bond donors (Lipinski definition) is 3. The first-order valence-corrected chi connectivity index (χ1v) is 7.24. The summed E-state index contributed by atoms with van der Waals surface area (Å²) >= 11 is 0. The predicted octanol–water partition coefficient (Wildman–Crippen LogP) is 2.48. The highest BCUT2D eigenvalue weighted by Crippen LogP contribution is 2.40. The van der Waals surface area contributed by atoms with E-state index in [-0.39, 0.29) is 17.4 Å². The molecule has 1 saturated carbocycles. The fourth-order valence-corrected chi connectivity index (χ4v) is 2.40. The molecular formula is C16H17N3O3. The van der Waals surface area contributed by atoms with Crippen LogP contribution in [0.15, 0.2) is 30.3 Å². The largest absolute Gasteiger partial charge is 0.477 e. The van der Waals surface area contributed by atoms with Crippen molar-refractivity contribution in [3.05, 3.63) is 52.8 Å². The summed E-state index contributed by atoms with van der Waals surface area (Å²) in [5.74, 6) is -0.878. The lowest BCUT2D eigenvalue weighted by Gasteiger charge is -2.14. The second-order valence-electron chi connectivity index (χ2n) is 5.61. The molecule has 1 aliphatic rings. The summed E-state index contributed by atoms with van der Waals surface area (Å²) in [6.07, 6.45) is 2.46. The van der Waals surface area contributed by atoms with Crippen LogP contribution in [0.5, 0.6) is 0 Å². The maximum atomic E-state index is 12.1. The highest BCUT2D eigenvalue weighted by Gasteiger charge is 2.24. The van der Waals surface area contributed by atoms with Gasteiger partial charge in [0.1, 0.15) is 5.69 Å². The molecule has 1 fully saturated rings. The van der Waals surface area contributed by atoms with Crippen molar-refractivity contribution in [1.29, 1.82) is 0 Å². The number of H-pyrrole nitrogens is 1. The Kier molecular flexibility index (Phi) is 3.66. The molecule has 6 heteroatoms. The van der Waals surface area contributed by atoms with Gasteiger partial charge < -0.3 is 10.4 Å². The average molecular weight is 299 g/mol. The van der Waals surface area contributed by atoms with Crippen molar-refractivity contribution in [2.75, 3.05) is 0 Å². The molecule has 1 aromatic carbocycles. The van der Waals surface area contributed by atoms with E-state index in [9.17, 15) is 9.59 Å². The normalized spacial score (nSPS) is 15.3. The minimum Gasteiger partial charge on any atom is -0.477 e. The number of nitrogens with one attached hydrogen (secondary N) is 2. The minimum atomic E-state index is -1.14. The molecular weight excluding hydrogens is 282 g/mol. The standard InChI is InChI=1S/C16H17N3O3/c1-9(11-3-2-4-12(7-11)10-5-6-10)17-15(20)13-8-14(16(21)22)19-18-13/h2-4,7-10H,5-6H2,1H3,(H,17,20)(H,18,19)(H,21,22). The van der Waals surface area contributed by atoms with Crippen LogP contribution in [0, 0.1) is 0 Å². The van der Waals surface area contributed by atoms with E-state index in [1.165, 1.54) is 24.5 Å². The van der Waals surface area contributed by atoms with E-state index in [4.69, 9.17) is 5.11 Å². The number of benzene rings is 1. The van der Waals surface area contributed by atoms with E-state index >= 15 is 0 Å². The molecule has 0 bridgehead atoms. The van der Waals surface area contributed by atoms with Gasteiger partial charge in [0.15, 0.2) is 5.69 Å². The molecule has 0 radical (unpaired) electrons. The fourth-order valence-electron chi connectivity index (χ4n) is 2.40. The van der Waals surface area contributed by atoms with Crippen molar-refractivity contribution in [3.63, 3.8) is 0 Å². The van der Waals surface area contributed by atoms with E-state index in [0.29, 0.717) is 5.92 Å². The molecule has 3 N–H and O–H groups in total. The summed E-state index contributed by atoms with van der Waals surface area (Å²) in [7, 11) is 0. The van der Waals surface area contributed by atoms with Crippen molar-refractivity contribution >= 4 is 11.9 Å². The van der Waals surface area contributed by atoms with Crippen molar-refractivity contribution in [2.45, 2.75) is 31.7 Å². The Morgan fingerprint density at radius 1 is 1.36 bits per heavy atom. The number of carbonyl (C=O) groups is 2. The van der Waals surface area contributed by atoms with Gasteiger partial charge in [-0.15, -0.1) is 0 Å². The van der Waals surface area contributed by atoms with Gasteiger partial charge >= 0.3 is 5.97 Å². The van der Waals surface area contributed by atoms with Crippen LogP contribution in [0.2, 0.25) is 0 Å². The molecule has 1 heterocycles. The van der Waals surface area contributed by atoms with Gasteiger partial charge in [-0.25, -0.2) is 4.79 Å². The van der Waals surface area contributed by atoms with Gasteiger partial charge in [-0.05, 0) is 36.8 Å². The van der Waals surface area contributed by atoms with Crippen LogP contribution in [-0.2, 0) is 0 Å². The maximum Gasteiger partial charge on any atom is 0.353 e. The smallest absolute Gasteiger partial charge is 0.353 e. The van der Waals surface area contributed by atoms with Gasteiger partial charge in [-0.1, -0.05) is 24.3 Å². The van der Waals surface area contributed by atoms with E-state index in [1.54, 1.807) is 0 Å². The Morgan fingerprint density at radius 3 is 2.77 bits per heavy atom. The number of carboxylic acid groups (broad SMARTS) is 1. The van der Waals surface area contributed by atoms with Gasteiger partial charge in [0.05, 0.1) is 6.04 Å². The van der Waals surface area contributed by atoms with Crippen LogP contribution in [0.1, 0.15) is 63.8 Å². The topological polar surface area (TPSA) is 95.1 Å². The fraction of sp³-hybridized carbons (Fsp3) is 0.312. The molecule has 6 nitrogen and oxygen atoms in total. The summed E-state index contributed by atoms with van der Waals surface area (Å²) in [6.45, 7) is 1.90. The van der Waals surface area contributed by atoms with E-state index in [2.05, 4.69) is 27.6 Å². The van der Waals surface area contributed by atoms with Crippen LogP contribution in [0.4, 0.5) is 0 Å². The van der Waals surface area contributed by atoms with E-state index in [1.807, 2.05) is 19.1 Å². The van der Waals surface area contributed by atoms with Gasteiger partial charge in [-0.2, -0.15) is 5.10 Å². The number of carbonyl (C=O) groups excluding carboxylic acids is 1. The SMILES string of the molecule is CC(NC(=O)c1cc(C(=O)O)[nH]n1)c1cccc(C2CC2)c1. The third-order valence-electron chi connectivity index (χ3n) is 3.85. The first-order valence-electron chi connectivity index (χ1n) is 7.24. The summed E-state index contributed by atoms with van der Waals surface area (Å²) < 4.78 is 0. The number of rotatable bonds is 5. The number of hydrogen-bond acceptors (Lipinski definition) is 3. The van der Waals surface area contributed by atoms with E-state index in [0.717, 1.165) is 5.56 Å². The molecule has 0 saturated heterocycles. The number of amides is 1. The molecule has 1 atom stereocenters. The monoisotopic (exact) mass is 299 g/mol. The third-order valence-corrected chi connectivity index (χ3v) is 3.85. The first-order chi connectivity index (χ1) is 10.5. The zero-order valence-corrected chi connectivity index (χ0v) is 12.2. The third kappa shape index (κ3) is 3.00. The Balaban J connectivity index is 1.69. The zero-order valence-electron chi connectivity index (χ0n) is 12.2. The van der Waals surface area contributed by atoms with E-state index < -0.39 is 11.9 Å².